The molecule has 1 aliphatic heterocycles. The van der Waals surface area contributed by atoms with Crippen molar-refractivity contribution in [2.24, 2.45) is 5.92 Å². The summed E-state index contributed by atoms with van der Waals surface area (Å²) in [5.41, 5.74) is 3.82. The minimum Gasteiger partial charge on any atom is -0.396 e. The van der Waals surface area contributed by atoms with E-state index in [2.05, 4.69) is 24.0 Å². The largest absolute Gasteiger partial charge is 0.396 e. The number of rotatable bonds is 3. The average molecular weight is 310 g/mol. The minimum atomic E-state index is 0.00477. The Hall–Kier alpha value is -2.20. The summed E-state index contributed by atoms with van der Waals surface area (Å²) in [4.78, 5) is 18.8. The Morgan fingerprint density at radius 1 is 1.30 bits per heavy atom. The first-order chi connectivity index (χ1) is 11.2. The third kappa shape index (κ3) is 3.59. The molecule has 1 fully saturated rings. The van der Waals surface area contributed by atoms with E-state index >= 15 is 0 Å². The van der Waals surface area contributed by atoms with Crippen molar-refractivity contribution in [3.8, 4) is 11.1 Å². The first kappa shape index (κ1) is 15.7. The molecule has 0 radical (unpaired) electrons. The summed E-state index contributed by atoms with van der Waals surface area (Å²) in [5, 5.41) is 9.33. The number of hydrogen-bond acceptors (Lipinski definition) is 3. The number of likely N-dealkylation sites (tertiary alicyclic amines) is 1. The maximum Gasteiger partial charge on any atom is 0.255 e. The second kappa shape index (κ2) is 6.92. The highest BCUT2D eigenvalue weighted by molar-refractivity contribution is 5.95. The molecule has 4 nitrogen and oxygen atoms in total. The second-order valence-electron chi connectivity index (χ2n) is 6.27. The normalized spacial score (nSPS) is 18.0. The highest BCUT2D eigenvalue weighted by atomic mass is 16.3. The van der Waals surface area contributed by atoms with Gasteiger partial charge in [-0.15, -0.1) is 0 Å². The molecule has 1 amide bonds. The second-order valence-corrected chi connectivity index (χ2v) is 6.27. The molecule has 0 aliphatic carbocycles. The molecule has 1 atom stereocenters. The SMILES string of the molecule is Cc1cccc(-c2cncc(C(=O)N3CCCC(CO)C3)c2)c1. The Morgan fingerprint density at radius 2 is 2.17 bits per heavy atom. The number of pyridine rings is 1. The van der Waals surface area contributed by atoms with Crippen LogP contribution in [0.15, 0.2) is 42.7 Å². The smallest absolute Gasteiger partial charge is 0.255 e. The quantitative estimate of drug-likeness (QED) is 0.948. The van der Waals surface area contributed by atoms with Crippen molar-refractivity contribution in [3.63, 3.8) is 0 Å². The molecule has 0 bridgehead atoms. The lowest BCUT2D eigenvalue weighted by molar-refractivity contribution is 0.0620. The first-order valence-corrected chi connectivity index (χ1v) is 8.09. The van der Waals surface area contributed by atoms with Crippen LogP contribution in [0.1, 0.15) is 28.8 Å². The molecule has 23 heavy (non-hydrogen) atoms. The third-order valence-electron chi connectivity index (χ3n) is 4.40. The topological polar surface area (TPSA) is 53.4 Å². The fraction of sp³-hybridized carbons (Fsp3) is 0.368. The minimum absolute atomic E-state index is 0.00477. The van der Waals surface area contributed by atoms with E-state index in [0.29, 0.717) is 12.1 Å². The molecule has 0 saturated carbocycles. The van der Waals surface area contributed by atoms with Crippen molar-refractivity contribution in [3.05, 3.63) is 53.9 Å². The summed E-state index contributed by atoms with van der Waals surface area (Å²) in [6.45, 7) is 3.58. The highest BCUT2D eigenvalue weighted by Crippen LogP contribution is 2.22. The molecule has 2 aromatic rings. The Bertz CT molecular complexity index is 699. The molecule has 1 saturated heterocycles. The van der Waals surface area contributed by atoms with Gasteiger partial charge in [0, 0.05) is 37.7 Å². The van der Waals surface area contributed by atoms with Crippen LogP contribution in [-0.4, -0.2) is 40.6 Å². The molecule has 1 N–H and O–H groups in total. The molecule has 2 heterocycles. The molecular formula is C19H22N2O2. The lowest BCUT2D eigenvalue weighted by Crippen LogP contribution is -2.41. The van der Waals surface area contributed by atoms with Gasteiger partial charge in [0.1, 0.15) is 0 Å². The Labute approximate surface area is 136 Å². The maximum atomic E-state index is 12.7. The average Bonchev–Trinajstić information content (AvgIpc) is 2.61. The van der Waals surface area contributed by atoms with Crippen molar-refractivity contribution in [1.29, 1.82) is 0 Å². The van der Waals surface area contributed by atoms with Gasteiger partial charge in [0.15, 0.2) is 0 Å². The van der Waals surface area contributed by atoms with Crippen LogP contribution in [-0.2, 0) is 0 Å². The molecule has 120 valence electrons. The molecule has 1 aromatic heterocycles. The van der Waals surface area contributed by atoms with Gasteiger partial charge in [-0.1, -0.05) is 29.8 Å². The van der Waals surface area contributed by atoms with Crippen molar-refractivity contribution in [2.45, 2.75) is 19.8 Å². The van der Waals surface area contributed by atoms with Crippen LogP contribution in [0.4, 0.5) is 0 Å². The number of aliphatic hydroxyl groups is 1. The molecular weight excluding hydrogens is 288 g/mol. The number of nitrogens with zero attached hydrogens (tertiary/aromatic N) is 2. The number of carbonyl (C=O) groups excluding carboxylic acids is 1. The van der Waals surface area contributed by atoms with Crippen LogP contribution in [0.3, 0.4) is 0 Å². The zero-order valence-corrected chi connectivity index (χ0v) is 13.4. The van der Waals surface area contributed by atoms with E-state index in [4.69, 9.17) is 0 Å². The first-order valence-electron chi connectivity index (χ1n) is 8.09. The Balaban J connectivity index is 1.83. The third-order valence-corrected chi connectivity index (χ3v) is 4.40. The highest BCUT2D eigenvalue weighted by Gasteiger charge is 2.24. The summed E-state index contributed by atoms with van der Waals surface area (Å²) < 4.78 is 0. The summed E-state index contributed by atoms with van der Waals surface area (Å²) >= 11 is 0. The molecule has 1 aromatic carbocycles. The number of aryl methyl sites for hydroxylation is 1. The fourth-order valence-electron chi connectivity index (χ4n) is 3.12. The Kier molecular flexibility index (Phi) is 4.72. The zero-order valence-electron chi connectivity index (χ0n) is 13.4. The van der Waals surface area contributed by atoms with E-state index in [9.17, 15) is 9.90 Å². The maximum absolute atomic E-state index is 12.7. The van der Waals surface area contributed by atoms with E-state index < -0.39 is 0 Å². The van der Waals surface area contributed by atoms with Gasteiger partial charge in [0.25, 0.3) is 5.91 Å². The van der Waals surface area contributed by atoms with Crippen molar-refractivity contribution < 1.29 is 9.90 Å². The van der Waals surface area contributed by atoms with Crippen LogP contribution < -0.4 is 0 Å². The van der Waals surface area contributed by atoms with Gasteiger partial charge in [0.2, 0.25) is 0 Å². The summed E-state index contributed by atoms with van der Waals surface area (Å²) in [7, 11) is 0. The van der Waals surface area contributed by atoms with Gasteiger partial charge in [-0.2, -0.15) is 0 Å². The van der Waals surface area contributed by atoms with Crippen molar-refractivity contribution in [1.82, 2.24) is 9.88 Å². The Morgan fingerprint density at radius 3 is 2.96 bits per heavy atom. The number of carbonyl (C=O) groups is 1. The number of hydrogen-bond donors (Lipinski definition) is 1. The van der Waals surface area contributed by atoms with Crippen molar-refractivity contribution >= 4 is 5.91 Å². The summed E-state index contributed by atoms with van der Waals surface area (Å²) in [6.07, 6.45) is 5.35. The van der Waals surface area contributed by atoms with Gasteiger partial charge < -0.3 is 10.0 Å². The van der Waals surface area contributed by atoms with Crippen LogP contribution in [0, 0.1) is 12.8 Å². The standard InChI is InChI=1S/C19H22N2O2/c1-14-4-2-6-16(8-14)17-9-18(11-20-10-17)19(23)21-7-3-5-15(12-21)13-22/h2,4,6,8-11,15,22H,3,5,7,12-13H2,1H3. The summed E-state index contributed by atoms with van der Waals surface area (Å²) in [6, 6.07) is 10.1. The molecule has 0 spiro atoms. The summed E-state index contributed by atoms with van der Waals surface area (Å²) in [5.74, 6) is 0.200. The van der Waals surface area contributed by atoms with Gasteiger partial charge in [0.05, 0.1) is 5.56 Å². The predicted molar refractivity (Wildman–Crippen MR) is 90.1 cm³/mol. The van der Waals surface area contributed by atoms with Crippen LogP contribution >= 0.6 is 0 Å². The molecule has 1 aliphatic rings. The van der Waals surface area contributed by atoms with Gasteiger partial charge in [-0.3, -0.25) is 9.78 Å². The monoisotopic (exact) mass is 310 g/mol. The van der Waals surface area contributed by atoms with Gasteiger partial charge in [-0.05, 0) is 37.3 Å². The van der Waals surface area contributed by atoms with Gasteiger partial charge >= 0.3 is 0 Å². The van der Waals surface area contributed by atoms with E-state index in [0.717, 1.165) is 30.5 Å². The number of benzene rings is 1. The lowest BCUT2D eigenvalue weighted by atomic mass is 9.98. The van der Waals surface area contributed by atoms with Crippen molar-refractivity contribution in [2.75, 3.05) is 19.7 Å². The molecule has 1 unspecified atom stereocenters. The molecule has 3 rings (SSSR count). The van der Waals surface area contributed by atoms with Crippen LogP contribution in [0.5, 0.6) is 0 Å². The van der Waals surface area contributed by atoms with E-state index in [1.165, 1.54) is 5.56 Å². The molecule has 4 heteroatoms. The van der Waals surface area contributed by atoms with E-state index in [1.807, 2.05) is 23.1 Å². The zero-order chi connectivity index (χ0) is 16.2. The van der Waals surface area contributed by atoms with Crippen LogP contribution in [0.25, 0.3) is 11.1 Å². The number of amides is 1. The van der Waals surface area contributed by atoms with E-state index in [-0.39, 0.29) is 18.4 Å². The predicted octanol–water partition coefficient (Wildman–Crippen LogP) is 2.90. The van der Waals surface area contributed by atoms with Gasteiger partial charge in [-0.25, -0.2) is 0 Å². The number of aliphatic hydroxyl groups excluding tert-OH is 1. The fourth-order valence-corrected chi connectivity index (χ4v) is 3.12. The number of aromatic nitrogens is 1. The number of piperidine rings is 1. The van der Waals surface area contributed by atoms with Crippen LogP contribution in [0.2, 0.25) is 0 Å². The lowest BCUT2D eigenvalue weighted by Gasteiger charge is -2.31. The van der Waals surface area contributed by atoms with E-state index in [1.54, 1.807) is 12.4 Å².